The number of hydrogen-bond acceptors (Lipinski definition) is 6. The minimum atomic E-state index is 0.00166. The van der Waals surface area contributed by atoms with Gasteiger partial charge in [0.25, 0.3) is 0 Å². The minimum absolute atomic E-state index is 0.00166. The second kappa shape index (κ2) is 16.9. The number of nitrogens with one attached hydrogen (secondary N) is 1. The number of nitrogens with zero attached hydrogens (tertiary/aromatic N) is 2. The molecule has 0 fully saturated rings. The third-order valence-corrected chi connectivity index (χ3v) is 7.76. The first-order valence-electron chi connectivity index (χ1n) is 12.0. The van der Waals surface area contributed by atoms with Crippen LogP contribution >= 0.6 is 46.5 Å². The Morgan fingerprint density at radius 3 is 2.69 bits per heavy atom. The quantitative estimate of drug-likeness (QED) is 0.101. The molecule has 1 heterocycles. The second-order valence-electron chi connectivity index (χ2n) is 8.61. The first-order chi connectivity index (χ1) is 17.4. The van der Waals surface area contributed by atoms with Crippen molar-refractivity contribution >= 4 is 63.1 Å². The van der Waals surface area contributed by atoms with Crippen molar-refractivity contribution in [1.29, 1.82) is 0 Å². The summed E-state index contributed by atoms with van der Waals surface area (Å²) in [7, 11) is 0. The summed E-state index contributed by atoms with van der Waals surface area (Å²) in [6.07, 6.45) is 7.63. The molecule has 36 heavy (non-hydrogen) atoms. The van der Waals surface area contributed by atoms with Crippen molar-refractivity contribution in [3.05, 3.63) is 76.3 Å². The SMILES string of the molecule is C=C/C(=C\C=C(\Cl)CCl)c1nc(N(CCC(=O)NSCCCN)Cc2ccccc2)sc1CC(C)C. The molecule has 9 heteroatoms. The van der Waals surface area contributed by atoms with E-state index >= 15 is 0 Å². The summed E-state index contributed by atoms with van der Waals surface area (Å²) in [5.74, 6) is 1.52. The van der Waals surface area contributed by atoms with Crippen molar-refractivity contribution < 1.29 is 4.79 Å². The summed E-state index contributed by atoms with van der Waals surface area (Å²) in [4.78, 5) is 20.9. The highest BCUT2D eigenvalue weighted by Gasteiger charge is 2.20. The van der Waals surface area contributed by atoms with Crippen molar-refractivity contribution in [1.82, 2.24) is 9.71 Å². The predicted molar refractivity (Wildman–Crippen MR) is 160 cm³/mol. The molecule has 0 atom stereocenters. The van der Waals surface area contributed by atoms with Crippen molar-refractivity contribution in [2.75, 3.05) is 29.6 Å². The van der Waals surface area contributed by atoms with E-state index in [2.05, 4.69) is 42.2 Å². The van der Waals surface area contributed by atoms with E-state index in [0.29, 0.717) is 37.0 Å². The van der Waals surface area contributed by atoms with Crippen LogP contribution in [-0.4, -0.2) is 35.6 Å². The monoisotopic (exact) mass is 566 g/mol. The molecule has 3 N–H and O–H groups in total. The normalized spacial score (nSPS) is 12.2. The van der Waals surface area contributed by atoms with E-state index in [1.54, 1.807) is 23.5 Å². The Morgan fingerprint density at radius 1 is 1.31 bits per heavy atom. The van der Waals surface area contributed by atoms with Crippen LogP contribution in [0, 0.1) is 5.92 Å². The largest absolute Gasteiger partial charge is 0.343 e. The van der Waals surface area contributed by atoms with E-state index in [1.165, 1.54) is 16.8 Å². The topological polar surface area (TPSA) is 71.2 Å². The molecule has 1 aromatic heterocycles. The molecule has 0 saturated heterocycles. The van der Waals surface area contributed by atoms with Gasteiger partial charge >= 0.3 is 0 Å². The molecule has 0 aliphatic carbocycles. The van der Waals surface area contributed by atoms with Crippen LogP contribution < -0.4 is 15.4 Å². The molecule has 0 aliphatic heterocycles. The predicted octanol–water partition coefficient (Wildman–Crippen LogP) is 6.78. The summed E-state index contributed by atoms with van der Waals surface area (Å²) >= 11 is 15.0. The average molecular weight is 568 g/mol. The maximum Gasteiger partial charge on any atom is 0.231 e. The number of nitrogens with two attached hydrogens (primary N) is 1. The van der Waals surface area contributed by atoms with Gasteiger partial charge in [-0.2, -0.15) is 0 Å². The molecule has 196 valence electrons. The Balaban J connectivity index is 2.35. The van der Waals surface area contributed by atoms with Gasteiger partial charge in [-0.15, -0.1) is 22.9 Å². The highest BCUT2D eigenvalue weighted by Crippen LogP contribution is 2.34. The van der Waals surface area contributed by atoms with E-state index in [9.17, 15) is 4.79 Å². The highest BCUT2D eigenvalue weighted by atomic mass is 35.5. The van der Waals surface area contributed by atoms with Gasteiger partial charge in [0, 0.05) is 40.7 Å². The fourth-order valence-corrected chi connectivity index (χ4v) is 5.45. The highest BCUT2D eigenvalue weighted by molar-refractivity contribution is 7.97. The molecule has 0 bridgehead atoms. The summed E-state index contributed by atoms with van der Waals surface area (Å²) in [6.45, 7) is 10.2. The molecule has 5 nitrogen and oxygen atoms in total. The van der Waals surface area contributed by atoms with Crippen LogP contribution in [0.4, 0.5) is 5.13 Å². The molecule has 0 unspecified atom stereocenters. The number of thiazole rings is 1. The number of halogens is 2. The Labute approximate surface area is 234 Å². The van der Waals surface area contributed by atoms with E-state index in [4.69, 9.17) is 33.9 Å². The number of allylic oxidation sites excluding steroid dienone is 5. The van der Waals surface area contributed by atoms with Crippen LogP contribution in [0.2, 0.25) is 0 Å². The molecule has 2 rings (SSSR count). The zero-order valence-corrected chi connectivity index (χ0v) is 24.2. The molecule has 1 aromatic carbocycles. The number of hydrogen-bond donors (Lipinski definition) is 2. The van der Waals surface area contributed by atoms with Crippen LogP contribution in [0.25, 0.3) is 5.57 Å². The lowest BCUT2D eigenvalue weighted by Crippen LogP contribution is -2.28. The summed E-state index contributed by atoms with van der Waals surface area (Å²) in [5, 5.41) is 1.44. The van der Waals surface area contributed by atoms with Gasteiger partial charge in [0.1, 0.15) is 0 Å². The van der Waals surface area contributed by atoms with Crippen molar-refractivity contribution in [2.45, 2.75) is 39.7 Å². The maximum absolute atomic E-state index is 12.5. The number of aromatic nitrogens is 1. The number of anilines is 1. The van der Waals surface area contributed by atoms with Crippen LogP contribution in [0.3, 0.4) is 0 Å². The number of amides is 1. The van der Waals surface area contributed by atoms with Crippen molar-refractivity contribution in [3.8, 4) is 0 Å². The molecular weight excluding hydrogens is 531 g/mol. The Kier molecular flexibility index (Phi) is 14.3. The summed E-state index contributed by atoms with van der Waals surface area (Å²) in [6, 6.07) is 10.2. The summed E-state index contributed by atoms with van der Waals surface area (Å²) in [5.41, 5.74) is 8.49. The van der Waals surface area contributed by atoms with Gasteiger partial charge in [-0.1, -0.05) is 86.5 Å². The van der Waals surface area contributed by atoms with Gasteiger partial charge in [0.15, 0.2) is 5.13 Å². The fraction of sp³-hybridized carbons (Fsp3) is 0.407. The standard InChI is InChI=1S/C27H36Cl2N4OS2/c1-4-22(11-12-23(29)18-28)26-24(17-20(2)3)36-27(31-26)33(19-21-9-6-5-7-10-21)15-13-25(34)32-35-16-8-14-30/h4-7,9-12,20H,1,8,13-19,30H2,2-3H3,(H,32,34)/b22-11+,23-12+. The number of rotatable bonds is 16. The lowest BCUT2D eigenvalue weighted by atomic mass is 10.0. The lowest BCUT2D eigenvalue weighted by Gasteiger charge is -2.22. The number of benzene rings is 1. The molecule has 0 saturated carbocycles. The van der Waals surface area contributed by atoms with Gasteiger partial charge in [-0.05, 0) is 36.9 Å². The second-order valence-corrected chi connectivity index (χ2v) is 11.3. The number of alkyl halides is 1. The lowest BCUT2D eigenvalue weighted by molar-refractivity contribution is -0.119. The average Bonchev–Trinajstić information content (AvgIpc) is 3.27. The Bertz CT molecular complexity index is 1020. The third kappa shape index (κ3) is 10.7. The first kappa shape index (κ1) is 30.5. The molecule has 0 radical (unpaired) electrons. The number of carbonyl (C=O) groups excluding carboxylic acids is 1. The van der Waals surface area contributed by atoms with Crippen LogP contribution in [-0.2, 0) is 17.8 Å². The zero-order chi connectivity index (χ0) is 26.3. The van der Waals surface area contributed by atoms with Gasteiger partial charge in [0.05, 0.1) is 11.6 Å². The number of carbonyl (C=O) groups is 1. The maximum atomic E-state index is 12.5. The van der Waals surface area contributed by atoms with E-state index in [1.807, 2.05) is 24.3 Å². The van der Waals surface area contributed by atoms with Crippen molar-refractivity contribution in [3.63, 3.8) is 0 Å². The minimum Gasteiger partial charge on any atom is -0.343 e. The van der Waals surface area contributed by atoms with Crippen LogP contribution in [0.15, 0.2) is 60.2 Å². The molecule has 0 spiro atoms. The smallest absolute Gasteiger partial charge is 0.231 e. The first-order valence-corrected chi connectivity index (χ1v) is 14.7. The van der Waals surface area contributed by atoms with Crippen LogP contribution in [0.5, 0.6) is 0 Å². The van der Waals surface area contributed by atoms with Crippen molar-refractivity contribution in [2.24, 2.45) is 11.7 Å². The van der Waals surface area contributed by atoms with E-state index in [0.717, 1.165) is 40.6 Å². The van der Waals surface area contributed by atoms with Crippen LogP contribution in [0.1, 0.15) is 42.8 Å². The fourth-order valence-electron chi connectivity index (χ4n) is 3.30. The molecule has 1 amide bonds. The summed E-state index contributed by atoms with van der Waals surface area (Å²) < 4.78 is 2.92. The van der Waals surface area contributed by atoms with Gasteiger partial charge in [-0.25, -0.2) is 4.98 Å². The third-order valence-electron chi connectivity index (χ3n) is 5.08. The molecule has 2 aromatic rings. The zero-order valence-electron chi connectivity index (χ0n) is 21.0. The van der Waals surface area contributed by atoms with E-state index in [-0.39, 0.29) is 11.8 Å². The molecule has 0 aliphatic rings. The Morgan fingerprint density at radius 2 is 2.06 bits per heavy atom. The van der Waals surface area contributed by atoms with Gasteiger partial charge < -0.3 is 15.4 Å². The van der Waals surface area contributed by atoms with Gasteiger partial charge in [-0.3, -0.25) is 4.79 Å². The Hall–Kier alpha value is -1.77. The van der Waals surface area contributed by atoms with E-state index < -0.39 is 0 Å². The van der Waals surface area contributed by atoms with Gasteiger partial charge in [0.2, 0.25) is 5.91 Å². The molecular formula is C27H36Cl2N4OS2.